The lowest BCUT2D eigenvalue weighted by Gasteiger charge is -2.12. The average Bonchev–Trinajstić information content (AvgIpc) is 3.17. The summed E-state index contributed by atoms with van der Waals surface area (Å²) in [6.45, 7) is 3.35. The number of aryl methyl sites for hydroxylation is 1. The van der Waals surface area contributed by atoms with E-state index < -0.39 is 11.7 Å². The van der Waals surface area contributed by atoms with Gasteiger partial charge < -0.3 is 19.9 Å². The minimum absolute atomic E-state index is 0.0298. The Kier molecular flexibility index (Phi) is 7.04. The molecule has 3 aromatic carbocycles. The van der Waals surface area contributed by atoms with Crippen molar-refractivity contribution in [2.75, 3.05) is 25.6 Å². The predicted octanol–water partition coefficient (Wildman–Crippen LogP) is 4.77. The Morgan fingerprint density at radius 2 is 1.79 bits per heavy atom. The molecule has 0 aliphatic heterocycles. The fraction of sp³-hybridized carbons (Fsp3) is 0.185. The molecule has 0 bridgehead atoms. The number of anilines is 1. The number of ether oxygens (including phenoxy) is 1. The van der Waals surface area contributed by atoms with Crippen molar-refractivity contribution < 1.29 is 18.7 Å². The number of amides is 2. The summed E-state index contributed by atoms with van der Waals surface area (Å²) in [7, 11) is 1.58. The minimum Gasteiger partial charge on any atom is -0.383 e. The number of aromatic nitrogens is 1. The molecule has 7 heteroatoms. The van der Waals surface area contributed by atoms with E-state index in [0.29, 0.717) is 31.1 Å². The number of hydrogen-bond donors (Lipinski definition) is 2. The molecular formula is C27H26FN3O3. The maximum Gasteiger partial charge on any atom is 0.268 e. The monoisotopic (exact) mass is 459 g/mol. The summed E-state index contributed by atoms with van der Waals surface area (Å²) in [5, 5.41) is 6.41. The fourth-order valence-electron chi connectivity index (χ4n) is 3.90. The molecule has 174 valence electrons. The van der Waals surface area contributed by atoms with Crippen LogP contribution in [0.1, 0.15) is 32.0 Å². The summed E-state index contributed by atoms with van der Waals surface area (Å²) >= 11 is 0. The van der Waals surface area contributed by atoms with E-state index in [1.807, 2.05) is 35.8 Å². The molecule has 1 aromatic heterocycles. The summed E-state index contributed by atoms with van der Waals surface area (Å²) in [5.74, 6) is -1.33. The van der Waals surface area contributed by atoms with Crippen molar-refractivity contribution in [1.82, 2.24) is 9.88 Å². The lowest BCUT2D eigenvalue weighted by atomic mass is 10.1. The summed E-state index contributed by atoms with van der Waals surface area (Å²) in [6, 6.07) is 21.1. The molecule has 2 N–H and O–H groups in total. The van der Waals surface area contributed by atoms with E-state index >= 15 is 0 Å². The standard InChI is InChI=1S/C27H26FN3O3/c1-18-6-5-7-19(14-18)17-31-24-11-10-21(30-26(32)22-8-3-4-9-23(22)28)15-20(24)16-25(31)27(33)29-12-13-34-2/h3-11,14-16H,12-13,17H2,1-2H3,(H,29,33)(H,30,32). The third-order valence-corrected chi connectivity index (χ3v) is 5.53. The molecule has 0 aliphatic rings. The first-order valence-electron chi connectivity index (χ1n) is 11.0. The quantitative estimate of drug-likeness (QED) is 0.373. The molecule has 34 heavy (non-hydrogen) atoms. The van der Waals surface area contributed by atoms with E-state index in [0.717, 1.165) is 22.0 Å². The van der Waals surface area contributed by atoms with Crippen molar-refractivity contribution in [3.05, 3.63) is 101 Å². The second-order valence-corrected chi connectivity index (χ2v) is 8.06. The van der Waals surface area contributed by atoms with Gasteiger partial charge in [-0.05, 0) is 48.9 Å². The van der Waals surface area contributed by atoms with Crippen LogP contribution in [0.4, 0.5) is 10.1 Å². The van der Waals surface area contributed by atoms with Crippen molar-refractivity contribution in [2.45, 2.75) is 13.5 Å². The number of methoxy groups -OCH3 is 1. The van der Waals surface area contributed by atoms with E-state index in [9.17, 15) is 14.0 Å². The molecule has 6 nitrogen and oxygen atoms in total. The number of nitrogens with one attached hydrogen (secondary N) is 2. The van der Waals surface area contributed by atoms with Gasteiger partial charge in [0.2, 0.25) is 0 Å². The smallest absolute Gasteiger partial charge is 0.268 e. The molecule has 0 saturated carbocycles. The van der Waals surface area contributed by atoms with Gasteiger partial charge in [0.25, 0.3) is 11.8 Å². The molecule has 1 heterocycles. The summed E-state index contributed by atoms with van der Waals surface area (Å²) in [4.78, 5) is 25.5. The molecule has 0 atom stereocenters. The first-order valence-corrected chi connectivity index (χ1v) is 11.0. The van der Waals surface area contributed by atoms with Crippen molar-refractivity contribution in [3.63, 3.8) is 0 Å². The number of carbonyl (C=O) groups is 2. The summed E-state index contributed by atoms with van der Waals surface area (Å²) in [6.07, 6.45) is 0. The molecule has 2 amide bonds. The molecule has 0 fully saturated rings. The van der Waals surface area contributed by atoms with Crippen LogP contribution in [0.25, 0.3) is 10.9 Å². The Labute approximate surface area is 197 Å². The van der Waals surface area contributed by atoms with Gasteiger partial charge in [0.1, 0.15) is 11.5 Å². The van der Waals surface area contributed by atoms with Crippen LogP contribution >= 0.6 is 0 Å². The van der Waals surface area contributed by atoms with Crippen molar-refractivity contribution >= 4 is 28.4 Å². The van der Waals surface area contributed by atoms with Crippen molar-refractivity contribution in [2.24, 2.45) is 0 Å². The number of benzene rings is 3. The van der Waals surface area contributed by atoms with E-state index in [2.05, 4.69) is 16.7 Å². The highest BCUT2D eigenvalue weighted by Gasteiger charge is 2.17. The zero-order chi connectivity index (χ0) is 24.1. The number of rotatable bonds is 8. The topological polar surface area (TPSA) is 72.4 Å². The third-order valence-electron chi connectivity index (χ3n) is 5.53. The molecule has 0 unspecified atom stereocenters. The van der Waals surface area contributed by atoms with Crippen LogP contribution in [0.15, 0.2) is 72.8 Å². The Morgan fingerprint density at radius 3 is 2.56 bits per heavy atom. The van der Waals surface area contributed by atoms with Crippen LogP contribution in [-0.2, 0) is 11.3 Å². The van der Waals surface area contributed by atoms with Crippen LogP contribution in [0.3, 0.4) is 0 Å². The van der Waals surface area contributed by atoms with Gasteiger partial charge in [0.15, 0.2) is 0 Å². The summed E-state index contributed by atoms with van der Waals surface area (Å²) < 4.78 is 21.0. The molecular weight excluding hydrogens is 433 g/mol. The number of halogens is 1. The largest absolute Gasteiger partial charge is 0.383 e. The Morgan fingerprint density at radius 1 is 0.971 bits per heavy atom. The van der Waals surface area contributed by atoms with Gasteiger partial charge in [-0.25, -0.2) is 4.39 Å². The van der Waals surface area contributed by atoms with Crippen molar-refractivity contribution in [1.29, 1.82) is 0 Å². The lowest BCUT2D eigenvalue weighted by molar-refractivity contribution is 0.0928. The van der Waals surface area contributed by atoms with E-state index in [1.165, 1.54) is 18.2 Å². The molecule has 4 aromatic rings. The zero-order valence-corrected chi connectivity index (χ0v) is 19.1. The minimum atomic E-state index is -0.583. The van der Waals surface area contributed by atoms with E-state index in [-0.39, 0.29) is 11.5 Å². The van der Waals surface area contributed by atoms with Gasteiger partial charge >= 0.3 is 0 Å². The van der Waals surface area contributed by atoms with Crippen LogP contribution in [0, 0.1) is 12.7 Å². The molecule has 0 aliphatic carbocycles. The molecule has 0 spiro atoms. The number of hydrogen-bond acceptors (Lipinski definition) is 3. The first kappa shape index (κ1) is 23.2. The van der Waals surface area contributed by atoms with Gasteiger partial charge in [0.05, 0.1) is 12.2 Å². The highest BCUT2D eigenvalue weighted by molar-refractivity contribution is 6.06. The second kappa shape index (κ2) is 10.3. The van der Waals surface area contributed by atoms with Crippen LogP contribution in [0.5, 0.6) is 0 Å². The van der Waals surface area contributed by atoms with Gasteiger partial charge in [0, 0.05) is 36.8 Å². The highest BCUT2D eigenvalue weighted by atomic mass is 19.1. The number of nitrogens with zero attached hydrogens (tertiary/aromatic N) is 1. The fourth-order valence-corrected chi connectivity index (χ4v) is 3.90. The van der Waals surface area contributed by atoms with Crippen LogP contribution in [0.2, 0.25) is 0 Å². The zero-order valence-electron chi connectivity index (χ0n) is 19.1. The maximum absolute atomic E-state index is 14.0. The molecule has 4 rings (SSSR count). The predicted molar refractivity (Wildman–Crippen MR) is 131 cm³/mol. The lowest BCUT2D eigenvalue weighted by Crippen LogP contribution is -2.29. The van der Waals surface area contributed by atoms with Crippen molar-refractivity contribution in [3.8, 4) is 0 Å². The summed E-state index contributed by atoms with van der Waals surface area (Å²) in [5.41, 5.74) is 4.05. The van der Waals surface area contributed by atoms with E-state index in [4.69, 9.17) is 4.74 Å². The Hall–Kier alpha value is -3.97. The molecule has 0 radical (unpaired) electrons. The number of fused-ring (bicyclic) bond motifs is 1. The van der Waals surface area contributed by atoms with Gasteiger partial charge in [-0.1, -0.05) is 42.0 Å². The Balaban J connectivity index is 1.68. The SMILES string of the molecule is COCCNC(=O)c1cc2cc(NC(=O)c3ccccc3F)ccc2n1Cc1cccc(C)c1. The van der Waals surface area contributed by atoms with Gasteiger partial charge in [-0.2, -0.15) is 0 Å². The van der Waals surface area contributed by atoms with Gasteiger partial charge in [-0.3, -0.25) is 9.59 Å². The normalized spacial score (nSPS) is 10.9. The average molecular weight is 460 g/mol. The Bertz CT molecular complexity index is 1350. The highest BCUT2D eigenvalue weighted by Crippen LogP contribution is 2.26. The van der Waals surface area contributed by atoms with E-state index in [1.54, 1.807) is 31.4 Å². The molecule has 0 saturated heterocycles. The van der Waals surface area contributed by atoms with Crippen LogP contribution < -0.4 is 10.6 Å². The number of carbonyl (C=O) groups excluding carboxylic acids is 2. The second-order valence-electron chi connectivity index (χ2n) is 8.06. The van der Waals surface area contributed by atoms with Gasteiger partial charge in [-0.15, -0.1) is 0 Å². The first-order chi connectivity index (χ1) is 16.5. The third kappa shape index (κ3) is 5.15. The maximum atomic E-state index is 14.0. The van der Waals surface area contributed by atoms with Crippen LogP contribution in [-0.4, -0.2) is 36.6 Å².